The summed E-state index contributed by atoms with van der Waals surface area (Å²) in [5.41, 5.74) is 2.67. The molecule has 5 heteroatoms. The van der Waals surface area contributed by atoms with Crippen LogP contribution < -0.4 is 0 Å². The maximum Gasteiger partial charge on any atom is 0.243 e. The third kappa shape index (κ3) is 2.87. The van der Waals surface area contributed by atoms with Gasteiger partial charge in [0.05, 0.1) is 4.90 Å². The van der Waals surface area contributed by atoms with E-state index in [0.717, 1.165) is 36.0 Å². The van der Waals surface area contributed by atoms with Crippen LogP contribution in [0, 0.1) is 13.8 Å². The molecule has 1 unspecified atom stereocenters. The number of rotatable bonds is 3. The topological polar surface area (TPSA) is 37.4 Å². The Morgan fingerprint density at radius 2 is 2.00 bits per heavy atom. The van der Waals surface area contributed by atoms with Crippen molar-refractivity contribution >= 4 is 21.6 Å². The predicted octanol–water partition coefficient (Wildman–Crippen LogP) is 3.61. The van der Waals surface area contributed by atoms with E-state index in [2.05, 4.69) is 0 Å². The van der Waals surface area contributed by atoms with Crippen LogP contribution in [0.3, 0.4) is 0 Å². The third-order valence-corrected chi connectivity index (χ3v) is 6.61. The number of benzene rings is 1. The number of aryl methyl sites for hydroxylation is 1. The van der Waals surface area contributed by atoms with Crippen LogP contribution in [0.1, 0.15) is 42.9 Å². The number of hydrogen-bond acceptors (Lipinski definition) is 2. The van der Waals surface area contributed by atoms with Crippen LogP contribution in [0.15, 0.2) is 17.0 Å². The molecule has 0 aromatic heterocycles. The largest absolute Gasteiger partial charge is 0.243 e. The second-order valence-corrected chi connectivity index (χ2v) is 7.76. The first-order chi connectivity index (χ1) is 9.37. The van der Waals surface area contributed by atoms with Crippen molar-refractivity contribution in [2.24, 2.45) is 0 Å². The summed E-state index contributed by atoms with van der Waals surface area (Å²) < 4.78 is 27.5. The number of hydrogen-bond donors (Lipinski definition) is 0. The van der Waals surface area contributed by atoms with Gasteiger partial charge in [-0.2, -0.15) is 4.31 Å². The van der Waals surface area contributed by atoms with E-state index in [4.69, 9.17) is 11.6 Å². The van der Waals surface area contributed by atoms with Gasteiger partial charge >= 0.3 is 0 Å². The number of alkyl halides is 1. The molecular formula is C15H22ClNO2S. The molecule has 1 aromatic carbocycles. The molecule has 1 heterocycles. The van der Waals surface area contributed by atoms with E-state index in [0.29, 0.717) is 17.3 Å². The molecule has 1 aromatic rings. The summed E-state index contributed by atoms with van der Waals surface area (Å²) >= 11 is 5.88. The van der Waals surface area contributed by atoms with E-state index in [1.807, 2.05) is 26.8 Å². The lowest BCUT2D eigenvalue weighted by Crippen LogP contribution is -2.42. The number of sulfonamides is 1. The highest BCUT2D eigenvalue weighted by Crippen LogP contribution is 2.29. The molecular weight excluding hydrogens is 294 g/mol. The molecule has 0 N–H and O–H groups in total. The fraction of sp³-hybridized carbons (Fsp3) is 0.600. The van der Waals surface area contributed by atoms with Crippen molar-refractivity contribution in [1.29, 1.82) is 0 Å². The summed E-state index contributed by atoms with van der Waals surface area (Å²) in [5.74, 6) is 0.333. The molecule has 0 bridgehead atoms. The van der Waals surface area contributed by atoms with Crippen molar-refractivity contribution in [3.63, 3.8) is 0 Å². The minimum atomic E-state index is -3.42. The fourth-order valence-electron chi connectivity index (χ4n) is 2.80. The predicted molar refractivity (Wildman–Crippen MR) is 82.7 cm³/mol. The van der Waals surface area contributed by atoms with Crippen LogP contribution in [-0.4, -0.2) is 25.3 Å². The zero-order valence-electron chi connectivity index (χ0n) is 12.3. The standard InChI is InChI=1S/C15H22ClNO2S/c1-11-8-14(10-16)9-15(13(11)3)20(18,19)17-7-5-4-6-12(17)2/h8-9,12H,4-7,10H2,1-3H3. The van der Waals surface area contributed by atoms with Crippen molar-refractivity contribution in [2.45, 2.75) is 56.9 Å². The average Bonchev–Trinajstić information content (AvgIpc) is 2.41. The molecule has 0 aliphatic carbocycles. The Morgan fingerprint density at radius 1 is 1.30 bits per heavy atom. The molecule has 0 saturated carbocycles. The lowest BCUT2D eigenvalue weighted by Gasteiger charge is -2.33. The molecule has 1 fully saturated rings. The van der Waals surface area contributed by atoms with Gasteiger partial charge in [0.15, 0.2) is 0 Å². The molecule has 0 radical (unpaired) electrons. The lowest BCUT2D eigenvalue weighted by molar-refractivity contribution is 0.268. The van der Waals surface area contributed by atoms with Gasteiger partial charge in [0, 0.05) is 18.5 Å². The van der Waals surface area contributed by atoms with Gasteiger partial charge in [-0.1, -0.05) is 12.5 Å². The van der Waals surface area contributed by atoms with Crippen LogP contribution >= 0.6 is 11.6 Å². The summed E-state index contributed by atoms with van der Waals surface area (Å²) in [6.07, 6.45) is 2.98. The molecule has 112 valence electrons. The fourth-order valence-corrected chi connectivity index (χ4v) is 5.00. The molecule has 2 rings (SSSR count). The zero-order valence-corrected chi connectivity index (χ0v) is 13.9. The SMILES string of the molecule is Cc1cc(CCl)cc(S(=O)(=O)N2CCCCC2C)c1C. The van der Waals surface area contributed by atoms with Crippen LogP contribution in [0.4, 0.5) is 0 Å². The summed E-state index contributed by atoms with van der Waals surface area (Å²) in [6, 6.07) is 3.76. The summed E-state index contributed by atoms with van der Waals surface area (Å²) in [6.45, 7) is 6.41. The monoisotopic (exact) mass is 315 g/mol. The van der Waals surface area contributed by atoms with Crippen molar-refractivity contribution < 1.29 is 8.42 Å². The third-order valence-electron chi connectivity index (χ3n) is 4.16. The van der Waals surface area contributed by atoms with E-state index >= 15 is 0 Å². The Hall–Kier alpha value is -0.580. The van der Waals surface area contributed by atoms with E-state index in [1.165, 1.54) is 0 Å². The molecule has 1 atom stereocenters. The summed E-state index contributed by atoms with van der Waals surface area (Å²) in [5, 5.41) is 0. The molecule has 20 heavy (non-hydrogen) atoms. The Morgan fingerprint density at radius 3 is 2.60 bits per heavy atom. The Labute approximate surface area is 127 Å². The maximum absolute atomic E-state index is 12.9. The number of nitrogens with zero attached hydrogens (tertiary/aromatic N) is 1. The Balaban J connectivity index is 2.51. The van der Waals surface area contributed by atoms with Gasteiger partial charge in [0.2, 0.25) is 10.0 Å². The van der Waals surface area contributed by atoms with Gasteiger partial charge in [-0.25, -0.2) is 8.42 Å². The van der Waals surface area contributed by atoms with Gasteiger partial charge in [0.25, 0.3) is 0 Å². The van der Waals surface area contributed by atoms with Crippen molar-refractivity contribution in [3.05, 3.63) is 28.8 Å². The van der Waals surface area contributed by atoms with Crippen molar-refractivity contribution in [1.82, 2.24) is 4.31 Å². The maximum atomic E-state index is 12.9. The van der Waals surface area contributed by atoms with Crippen LogP contribution in [0.2, 0.25) is 0 Å². The van der Waals surface area contributed by atoms with Gasteiger partial charge in [-0.3, -0.25) is 0 Å². The first-order valence-electron chi connectivity index (χ1n) is 7.06. The van der Waals surface area contributed by atoms with E-state index in [-0.39, 0.29) is 6.04 Å². The van der Waals surface area contributed by atoms with Gasteiger partial charge in [0.1, 0.15) is 0 Å². The van der Waals surface area contributed by atoms with Crippen molar-refractivity contribution in [2.75, 3.05) is 6.54 Å². The summed E-state index contributed by atoms with van der Waals surface area (Å²) in [7, 11) is -3.42. The number of piperidine rings is 1. The minimum absolute atomic E-state index is 0.0770. The van der Waals surface area contributed by atoms with Crippen LogP contribution in [0.25, 0.3) is 0 Å². The first-order valence-corrected chi connectivity index (χ1v) is 9.03. The van der Waals surface area contributed by atoms with E-state index < -0.39 is 10.0 Å². The highest BCUT2D eigenvalue weighted by Gasteiger charge is 2.32. The van der Waals surface area contributed by atoms with Gasteiger partial charge in [-0.15, -0.1) is 11.6 Å². The average molecular weight is 316 g/mol. The van der Waals surface area contributed by atoms with E-state index in [9.17, 15) is 8.42 Å². The van der Waals surface area contributed by atoms with Gasteiger partial charge < -0.3 is 0 Å². The first kappa shape index (κ1) is 15.8. The molecule has 1 aliphatic heterocycles. The highest BCUT2D eigenvalue weighted by molar-refractivity contribution is 7.89. The Kier molecular flexibility index (Phi) is 4.77. The molecule has 1 aliphatic rings. The van der Waals surface area contributed by atoms with Crippen LogP contribution in [-0.2, 0) is 15.9 Å². The second-order valence-electron chi connectivity index (χ2n) is 5.63. The lowest BCUT2D eigenvalue weighted by atomic mass is 10.1. The molecule has 1 saturated heterocycles. The Bertz CT molecular complexity index is 598. The molecule has 0 spiro atoms. The second kappa shape index (κ2) is 6.04. The smallest absolute Gasteiger partial charge is 0.207 e. The normalized spacial score (nSPS) is 21.1. The molecule has 0 amide bonds. The van der Waals surface area contributed by atoms with Gasteiger partial charge in [-0.05, 0) is 56.4 Å². The van der Waals surface area contributed by atoms with Crippen LogP contribution in [0.5, 0.6) is 0 Å². The summed E-state index contributed by atoms with van der Waals surface area (Å²) in [4.78, 5) is 0.418. The number of halogens is 1. The zero-order chi connectivity index (χ0) is 14.9. The van der Waals surface area contributed by atoms with Crippen molar-refractivity contribution in [3.8, 4) is 0 Å². The highest BCUT2D eigenvalue weighted by atomic mass is 35.5. The quantitative estimate of drug-likeness (QED) is 0.799. The van der Waals surface area contributed by atoms with E-state index in [1.54, 1.807) is 10.4 Å². The molecule has 3 nitrogen and oxygen atoms in total. The minimum Gasteiger partial charge on any atom is -0.207 e.